The number of cyclic esters (lactones) is 4. The molecule has 2 aliphatic heterocycles. The van der Waals surface area contributed by atoms with Crippen LogP contribution in [-0.2, 0) is 63.8 Å². The Kier molecular flexibility index (Phi) is 26.0. The number of aliphatic hydroxyl groups excluding tert-OH is 1. The van der Waals surface area contributed by atoms with E-state index >= 15 is 0 Å². The Bertz CT molecular complexity index is 1980. The zero-order chi connectivity index (χ0) is 46.2. The molecule has 2 aromatic rings. The molecule has 1 N–H and O–H groups in total. The van der Waals surface area contributed by atoms with Crippen molar-refractivity contribution in [3.63, 3.8) is 0 Å². The Morgan fingerprint density at radius 2 is 1.18 bits per heavy atom. The number of halogens is 2. The molecular formula is C47H62Br2N2O9S2. The highest BCUT2D eigenvalue weighted by atomic mass is 79.9. The fraction of sp³-hybridized carbons (Fsp3) is 0.532. The number of fused-ring (bicyclic) bond motifs is 4. The van der Waals surface area contributed by atoms with Gasteiger partial charge in [-0.05, 0) is 106 Å². The molecule has 4 rings (SSSR count). The van der Waals surface area contributed by atoms with Gasteiger partial charge in [-0.2, -0.15) is 0 Å². The van der Waals surface area contributed by atoms with Crippen molar-refractivity contribution in [2.24, 2.45) is 11.8 Å². The fourth-order valence-electron chi connectivity index (χ4n) is 6.33. The standard InChI is InChI=1S/C23H30BrNO4S.C23H28BrNO4S.CH4O/c2*1-15-6-5-7-22(26)29-20(12-17(3)24)13-21-25-19(14-30-21)9-8-16(2)11-23(27)28-18(4)10-15;1-2/h5-7,12,14,16,18,20H,8-11,13H2,1-4H3;6,12,14,16,18,20H,8-11,13H2,1-4H3;2H,1H3/b7-5-,15-6+,17-12+;15-6+,17-12+;/t2*16-,18+,20-;/m11./s1. The lowest BCUT2D eigenvalue weighted by Crippen LogP contribution is -2.18. The van der Waals surface area contributed by atoms with Gasteiger partial charge in [0.25, 0.3) is 0 Å². The number of esters is 4. The van der Waals surface area contributed by atoms with Crippen LogP contribution in [0.5, 0.6) is 0 Å². The predicted octanol–water partition coefficient (Wildman–Crippen LogP) is 10.4. The van der Waals surface area contributed by atoms with E-state index in [1.54, 1.807) is 34.8 Å². The molecule has 4 heterocycles. The number of allylic oxidation sites excluding steroid dienone is 5. The summed E-state index contributed by atoms with van der Waals surface area (Å²) in [4.78, 5) is 58.2. The van der Waals surface area contributed by atoms with Crippen LogP contribution in [0, 0.1) is 23.7 Å². The van der Waals surface area contributed by atoms with Crippen LogP contribution in [0.3, 0.4) is 0 Å². The largest absolute Gasteiger partial charge is 0.462 e. The third-order valence-electron chi connectivity index (χ3n) is 9.11. The van der Waals surface area contributed by atoms with E-state index in [2.05, 4.69) is 67.5 Å². The Morgan fingerprint density at radius 1 is 0.710 bits per heavy atom. The molecule has 0 unspecified atom stereocenters. The number of carbonyl (C=O) groups excluding carboxylic acids is 4. The summed E-state index contributed by atoms with van der Waals surface area (Å²) in [6, 6.07) is 0. The molecule has 4 bridgehead atoms. The minimum absolute atomic E-state index is 0.168. The number of hydrogen-bond donors (Lipinski definition) is 1. The van der Waals surface area contributed by atoms with Crippen LogP contribution >= 0.6 is 54.5 Å². The summed E-state index contributed by atoms with van der Waals surface area (Å²) in [5, 5.41) is 12.9. The highest BCUT2D eigenvalue weighted by Gasteiger charge is 2.19. The Morgan fingerprint density at radius 3 is 1.66 bits per heavy atom. The van der Waals surface area contributed by atoms with Crippen molar-refractivity contribution in [1.82, 2.24) is 9.97 Å². The number of hydrogen-bond acceptors (Lipinski definition) is 13. The number of aromatic nitrogens is 2. The van der Waals surface area contributed by atoms with E-state index in [0.717, 1.165) is 74.3 Å². The first-order valence-corrected chi connectivity index (χ1v) is 24.1. The average Bonchev–Trinajstić information content (AvgIpc) is 3.81. The molecule has 0 aromatic carbocycles. The summed E-state index contributed by atoms with van der Waals surface area (Å²) in [6.07, 6.45) is 15.4. The van der Waals surface area contributed by atoms with Gasteiger partial charge in [-0.1, -0.05) is 74.9 Å². The van der Waals surface area contributed by atoms with E-state index in [4.69, 9.17) is 24.1 Å². The summed E-state index contributed by atoms with van der Waals surface area (Å²) < 4.78 is 24.0. The van der Waals surface area contributed by atoms with Crippen LogP contribution in [-0.4, -0.2) is 70.5 Å². The smallest absolute Gasteiger partial charge is 0.385 e. The number of aliphatic hydroxyl groups is 1. The summed E-state index contributed by atoms with van der Waals surface area (Å²) >= 11 is 9.95. The second kappa shape index (κ2) is 29.6. The lowest BCUT2D eigenvalue weighted by atomic mass is 10.0. The molecule has 11 nitrogen and oxygen atoms in total. The van der Waals surface area contributed by atoms with Gasteiger partial charge in [0.2, 0.25) is 0 Å². The summed E-state index contributed by atoms with van der Waals surface area (Å²) in [5.74, 6) is 4.34. The van der Waals surface area contributed by atoms with Crippen molar-refractivity contribution in [2.45, 2.75) is 144 Å². The zero-order valence-electron chi connectivity index (χ0n) is 37.3. The van der Waals surface area contributed by atoms with E-state index in [1.807, 2.05) is 70.5 Å². The maximum atomic E-state index is 12.3. The number of carbonyl (C=O) groups is 4. The Labute approximate surface area is 392 Å². The normalized spacial score (nSPS) is 26.6. The Balaban J connectivity index is 0.000000410. The van der Waals surface area contributed by atoms with Crippen molar-refractivity contribution in [1.29, 1.82) is 0 Å². The molecule has 6 atom stereocenters. The maximum absolute atomic E-state index is 12.3. The number of thiazole rings is 2. The van der Waals surface area contributed by atoms with Crippen molar-refractivity contribution in [3.8, 4) is 11.8 Å². The minimum Gasteiger partial charge on any atom is -0.462 e. The van der Waals surface area contributed by atoms with Crippen LogP contribution in [0.2, 0.25) is 0 Å². The topological polar surface area (TPSA) is 151 Å². The Hall–Kier alpha value is -3.68. The first kappa shape index (κ1) is 54.5. The molecule has 2 aromatic heterocycles. The van der Waals surface area contributed by atoms with Gasteiger partial charge in [0.05, 0.1) is 21.4 Å². The van der Waals surface area contributed by atoms with Gasteiger partial charge in [0, 0.05) is 68.4 Å². The average molecular weight is 1020 g/mol. The highest BCUT2D eigenvalue weighted by molar-refractivity contribution is 9.12. The molecule has 0 spiro atoms. The monoisotopic (exact) mass is 1020 g/mol. The molecule has 340 valence electrons. The highest BCUT2D eigenvalue weighted by Crippen LogP contribution is 2.22. The van der Waals surface area contributed by atoms with Crippen LogP contribution < -0.4 is 0 Å². The molecule has 0 saturated carbocycles. The third-order valence-corrected chi connectivity index (χ3v) is 11.5. The van der Waals surface area contributed by atoms with Crippen molar-refractivity contribution in [2.75, 3.05) is 7.11 Å². The molecule has 15 heteroatoms. The van der Waals surface area contributed by atoms with E-state index < -0.39 is 24.1 Å². The van der Waals surface area contributed by atoms with Crippen LogP contribution in [0.15, 0.2) is 67.3 Å². The first-order valence-electron chi connectivity index (χ1n) is 20.7. The van der Waals surface area contributed by atoms with Crippen LogP contribution in [0.4, 0.5) is 0 Å². The molecule has 2 aliphatic rings. The van der Waals surface area contributed by atoms with Gasteiger partial charge in [0.15, 0.2) is 0 Å². The minimum atomic E-state index is -0.586. The van der Waals surface area contributed by atoms with Crippen molar-refractivity contribution < 1.29 is 43.2 Å². The molecule has 0 fully saturated rings. The number of ether oxygens (including phenoxy) is 4. The van der Waals surface area contributed by atoms with E-state index in [0.29, 0.717) is 38.5 Å². The van der Waals surface area contributed by atoms with E-state index in [9.17, 15) is 19.2 Å². The van der Waals surface area contributed by atoms with Gasteiger partial charge in [0.1, 0.15) is 24.4 Å². The first-order chi connectivity index (χ1) is 29.4. The molecule has 0 aliphatic carbocycles. The number of aryl methyl sites for hydroxylation is 2. The summed E-state index contributed by atoms with van der Waals surface area (Å²) in [7, 11) is 1.00. The molecule has 62 heavy (non-hydrogen) atoms. The third kappa shape index (κ3) is 24.2. The lowest BCUT2D eigenvalue weighted by Gasteiger charge is -2.15. The maximum Gasteiger partial charge on any atom is 0.385 e. The lowest BCUT2D eigenvalue weighted by molar-refractivity contribution is -0.150. The van der Waals surface area contributed by atoms with E-state index in [1.165, 1.54) is 6.08 Å². The van der Waals surface area contributed by atoms with Gasteiger partial charge < -0.3 is 24.1 Å². The quantitative estimate of drug-likeness (QED) is 0.132. The van der Waals surface area contributed by atoms with Crippen LogP contribution in [0.25, 0.3) is 0 Å². The van der Waals surface area contributed by atoms with Gasteiger partial charge in [-0.3, -0.25) is 9.59 Å². The second-order valence-electron chi connectivity index (χ2n) is 15.6. The van der Waals surface area contributed by atoms with Crippen LogP contribution in [0.1, 0.15) is 115 Å². The van der Waals surface area contributed by atoms with Gasteiger partial charge >= 0.3 is 23.9 Å². The van der Waals surface area contributed by atoms with E-state index in [-0.39, 0.29) is 36.0 Å². The second-order valence-corrected chi connectivity index (χ2v) is 20.0. The van der Waals surface area contributed by atoms with Gasteiger partial charge in [-0.25, -0.2) is 19.6 Å². The molecular weight excluding hydrogens is 960 g/mol. The van der Waals surface area contributed by atoms with Gasteiger partial charge in [-0.15, -0.1) is 22.7 Å². The fourth-order valence-corrected chi connectivity index (χ4v) is 8.67. The molecule has 0 radical (unpaired) electrons. The zero-order valence-corrected chi connectivity index (χ0v) is 42.1. The summed E-state index contributed by atoms with van der Waals surface area (Å²) in [6.45, 7) is 15.5. The molecule has 0 saturated heterocycles. The van der Waals surface area contributed by atoms with Crippen molar-refractivity contribution >= 4 is 78.4 Å². The summed E-state index contributed by atoms with van der Waals surface area (Å²) in [5.41, 5.74) is 3.95. The van der Waals surface area contributed by atoms with Crippen molar-refractivity contribution in [3.05, 3.63) is 88.7 Å². The number of rotatable bonds is 2. The SMILES string of the molecule is C/C(Br)=C\[C@@H]1Cc2nc(cs2)CC[C@@H](C)CC(=O)O[C@@H](C)C/C(C)=C/C#CC(=O)O1.C/C(Br)=C\[C@@H]1Cc2nc(cs2)CC[C@@H](C)CC(=O)O[C@@H](C)C/C(C)=C/C=C\C(=O)O1.CO. The predicted molar refractivity (Wildman–Crippen MR) is 254 cm³/mol. The number of nitrogens with zero attached hydrogens (tertiary/aromatic N) is 2. The molecule has 0 amide bonds.